The van der Waals surface area contributed by atoms with Gasteiger partial charge in [0.2, 0.25) is 0 Å². The topological polar surface area (TPSA) is 38.0 Å². The van der Waals surface area contributed by atoms with E-state index in [1.807, 2.05) is 13.0 Å². The van der Waals surface area contributed by atoms with Crippen LogP contribution >= 0.6 is 0 Å². The van der Waals surface area contributed by atoms with Gasteiger partial charge in [-0.3, -0.25) is 0 Å². The highest BCUT2D eigenvalue weighted by Crippen LogP contribution is 2.46. The summed E-state index contributed by atoms with van der Waals surface area (Å²) in [5.41, 5.74) is 9.46. The number of hydrogen-bond donors (Lipinski definition) is 2. The van der Waals surface area contributed by atoms with Crippen molar-refractivity contribution in [2.24, 2.45) is 5.41 Å². The predicted octanol–water partition coefficient (Wildman–Crippen LogP) is 2.79. The van der Waals surface area contributed by atoms with Crippen molar-refractivity contribution in [3.8, 4) is 0 Å². The Morgan fingerprint density at radius 3 is 2.57 bits per heavy atom. The van der Waals surface area contributed by atoms with E-state index < -0.39 is 0 Å². The van der Waals surface area contributed by atoms with E-state index in [0.29, 0.717) is 11.5 Å². The molecule has 2 nitrogen and oxygen atoms in total. The lowest BCUT2D eigenvalue weighted by Gasteiger charge is -2.09. The van der Waals surface area contributed by atoms with Crippen molar-refractivity contribution >= 4 is 11.4 Å². The number of benzene rings is 1. The van der Waals surface area contributed by atoms with E-state index in [-0.39, 0.29) is 0 Å². The number of aryl methyl sites for hydroxylation is 1. The van der Waals surface area contributed by atoms with Crippen LogP contribution in [-0.2, 0) is 0 Å². The van der Waals surface area contributed by atoms with E-state index in [1.165, 1.54) is 6.42 Å². The molecule has 1 atom stereocenters. The maximum Gasteiger partial charge on any atom is 0.0364 e. The van der Waals surface area contributed by atoms with Crippen molar-refractivity contribution in [2.45, 2.75) is 33.2 Å². The summed E-state index contributed by atoms with van der Waals surface area (Å²) in [6, 6.07) is 6.79. The normalized spacial score (nSPS) is 23.2. The highest BCUT2D eigenvalue weighted by atomic mass is 15.0. The molecule has 3 N–H and O–H groups in total. The summed E-state index contributed by atoms with van der Waals surface area (Å²) < 4.78 is 0. The van der Waals surface area contributed by atoms with E-state index in [1.54, 1.807) is 0 Å². The summed E-state index contributed by atoms with van der Waals surface area (Å²) >= 11 is 0. The average molecular weight is 190 g/mol. The molecule has 0 amide bonds. The Morgan fingerprint density at radius 1 is 1.43 bits per heavy atom. The number of rotatable bonds is 2. The summed E-state index contributed by atoms with van der Waals surface area (Å²) in [5.74, 6) is 0. The first-order chi connectivity index (χ1) is 6.49. The van der Waals surface area contributed by atoms with Crippen LogP contribution < -0.4 is 11.1 Å². The second kappa shape index (κ2) is 2.91. The molecular weight excluding hydrogens is 172 g/mol. The molecule has 1 aliphatic rings. The molecule has 1 aromatic rings. The zero-order valence-electron chi connectivity index (χ0n) is 9.09. The summed E-state index contributed by atoms with van der Waals surface area (Å²) in [6.07, 6.45) is 1.25. The van der Waals surface area contributed by atoms with Crippen LogP contribution in [0.4, 0.5) is 11.4 Å². The van der Waals surface area contributed by atoms with Crippen LogP contribution in [0.15, 0.2) is 18.2 Å². The van der Waals surface area contributed by atoms with Crippen molar-refractivity contribution in [1.29, 1.82) is 0 Å². The number of anilines is 2. The molecule has 1 aromatic carbocycles. The van der Waals surface area contributed by atoms with Crippen LogP contribution in [0, 0.1) is 12.3 Å². The molecule has 2 rings (SSSR count). The van der Waals surface area contributed by atoms with Gasteiger partial charge < -0.3 is 11.1 Å². The van der Waals surface area contributed by atoms with Gasteiger partial charge in [-0.2, -0.15) is 0 Å². The fourth-order valence-electron chi connectivity index (χ4n) is 1.65. The first kappa shape index (κ1) is 9.38. The van der Waals surface area contributed by atoms with Gasteiger partial charge >= 0.3 is 0 Å². The van der Waals surface area contributed by atoms with Crippen LogP contribution in [0.25, 0.3) is 0 Å². The van der Waals surface area contributed by atoms with E-state index in [2.05, 4.69) is 31.3 Å². The Hall–Kier alpha value is -1.18. The zero-order valence-corrected chi connectivity index (χ0v) is 9.09. The van der Waals surface area contributed by atoms with Crippen LogP contribution in [0.1, 0.15) is 25.8 Å². The first-order valence-corrected chi connectivity index (χ1v) is 5.12. The van der Waals surface area contributed by atoms with Gasteiger partial charge in [-0.15, -0.1) is 0 Å². The molecule has 0 saturated heterocycles. The van der Waals surface area contributed by atoms with Gasteiger partial charge in [-0.25, -0.2) is 0 Å². The van der Waals surface area contributed by atoms with E-state index in [4.69, 9.17) is 5.73 Å². The van der Waals surface area contributed by atoms with Gasteiger partial charge in [0.25, 0.3) is 0 Å². The molecule has 2 heteroatoms. The second-order valence-corrected chi connectivity index (χ2v) is 4.96. The molecule has 0 bridgehead atoms. The molecular formula is C12H18N2. The maximum absolute atomic E-state index is 5.84. The molecule has 76 valence electrons. The van der Waals surface area contributed by atoms with Crippen LogP contribution in [0.3, 0.4) is 0 Å². The summed E-state index contributed by atoms with van der Waals surface area (Å²) in [5, 5.41) is 3.49. The highest BCUT2D eigenvalue weighted by molar-refractivity contribution is 5.59. The lowest BCUT2D eigenvalue weighted by atomic mass is 10.1. The molecule has 0 aromatic heterocycles. The van der Waals surface area contributed by atoms with Gasteiger partial charge in [0.1, 0.15) is 0 Å². The SMILES string of the molecule is Cc1ccc(NC2CC2(C)C)cc1N. The van der Waals surface area contributed by atoms with Crippen molar-refractivity contribution in [3.05, 3.63) is 23.8 Å². The maximum atomic E-state index is 5.84. The molecule has 0 spiro atoms. The molecule has 1 saturated carbocycles. The fraction of sp³-hybridized carbons (Fsp3) is 0.500. The number of nitrogens with two attached hydrogens (primary N) is 1. The van der Waals surface area contributed by atoms with E-state index in [0.717, 1.165) is 16.9 Å². The molecule has 1 fully saturated rings. The Bertz CT molecular complexity index is 355. The largest absolute Gasteiger partial charge is 0.398 e. The van der Waals surface area contributed by atoms with Gasteiger partial charge in [0, 0.05) is 17.4 Å². The third-order valence-electron chi connectivity index (χ3n) is 3.13. The van der Waals surface area contributed by atoms with E-state index in [9.17, 15) is 0 Å². The summed E-state index contributed by atoms with van der Waals surface area (Å²) in [6.45, 7) is 6.59. The molecule has 1 unspecified atom stereocenters. The minimum atomic E-state index is 0.458. The quantitative estimate of drug-likeness (QED) is 0.704. The predicted molar refractivity (Wildman–Crippen MR) is 61.4 cm³/mol. The van der Waals surface area contributed by atoms with Crippen molar-refractivity contribution in [1.82, 2.24) is 0 Å². The Morgan fingerprint density at radius 2 is 2.07 bits per heavy atom. The highest BCUT2D eigenvalue weighted by Gasteiger charge is 2.45. The number of hydrogen-bond acceptors (Lipinski definition) is 2. The molecule has 0 aliphatic heterocycles. The van der Waals surface area contributed by atoms with E-state index >= 15 is 0 Å². The van der Waals surface area contributed by atoms with Crippen LogP contribution in [0.2, 0.25) is 0 Å². The van der Waals surface area contributed by atoms with Gasteiger partial charge in [0.15, 0.2) is 0 Å². The monoisotopic (exact) mass is 190 g/mol. The Labute approximate surface area is 85.5 Å². The lowest BCUT2D eigenvalue weighted by molar-refractivity contribution is 0.630. The van der Waals surface area contributed by atoms with Crippen LogP contribution in [0.5, 0.6) is 0 Å². The average Bonchev–Trinajstić information content (AvgIpc) is 2.67. The van der Waals surface area contributed by atoms with Crippen molar-refractivity contribution in [2.75, 3.05) is 11.1 Å². The second-order valence-electron chi connectivity index (χ2n) is 4.96. The summed E-state index contributed by atoms with van der Waals surface area (Å²) in [4.78, 5) is 0. The number of nitrogens with one attached hydrogen (secondary N) is 1. The Balaban J connectivity index is 2.08. The smallest absolute Gasteiger partial charge is 0.0364 e. The van der Waals surface area contributed by atoms with Crippen LogP contribution in [-0.4, -0.2) is 6.04 Å². The van der Waals surface area contributed by atoms with Gasteiger partial charge in [-0.05, 0) is 36.5 Å². The third-order valence-corrected chi connectivity index (χ3v) is 3.13. The molecule has 0 radical (unpaired) electrons. The minimum Gasteiger partial charge on any atom is -0.398 e. The molecule has 0 heterocycles. The van der Waals surface area contributed by atoms with Gasteiger partial charge in [0.05, 0.1) is 0 Å². The van der Waals surface area contributed by atoms with Gasteiger partial charge in [-0.1, -0.05) is 19.9 Å². The Kier molecular flexibility index (Phi) is 1.95. The standard InChI is InChI=1S/C12H18N2/c1-8-4-5-9(6-10(8)13)14-11-7-12(11,2)3/h4-6,11,14H,7,13H2,1-3H3. The lowest BCUT2D eigenvalue weighted by Crippen LogP contribution is -2.08. The summed E-state index contributed by atoms with van der Waals surface area (Å²) in [7, 11) is 0. The molecule has 1 aliphatic carbocycles. The van der Waals surface area contributed by atoms with Crippen molar-refractivity contribution < 1.29 is 0 Å². The minimum absolute atomic E-state index is 0.458. The third kappa shape index (κ3) is 1.69. The molecule has 14 heavy (non-hydrogen) atoms. The van der Waals surface area contributed by atoms with Crippen molar-refractivity contribution in [3.63, 3.8) is 0 Å². The first-order valence-electron chi connectivity index (χ1n) is 5.12. The zero-order chi connectivity index (χ0) is 10.3. The number of nitrogen functional groups attached to an aromatic ring is 1. The fourth-order valence-corrected chi connectivity index (χ4v) is 1.65.